The number of methoxy groups -OCH3 is 2. The van der Waals surface area contributed by atoms with Crippen LogP contribution in [-0.2, 0) is 0 Å². The zero-order valence-corrected chi connectivity index (χ0v) is 18.8. The van der Waals surface area contributed by atoms with E-state index >= 15 is 0 Å². The minimum atomic E-state index is -0.242. The monoisotopic (exact) mass is 456 g/mol. The molecule has 0 radical (unpaired) electrons. The van der Waals surface area contributed by atoms with Crippen LogP contribution in [0.25, 0.3) is 0 Å². The van der Waals surface area contributed by atoms with Gasteiger partial charge in [-0.05, 0) is 11.1 Å². The van der Waals surface area contributed by atoms with E-state index in [1.54, 1.807) is 0 Å². The lowest BCUT2D eigenvalue weighted by Gasteiger charge is -2.51. The van der Waals surface area contributed by atoms with Crippen LogP contribution >= 0.6 is 0 Å². The first-order valence-corrected chi connectivity index (χ1v) is 11.1. The molecule has 1 saturated carbocycles. The van der Waals surface area contributed by atoms with Crippen molar-refractivity contribution in [2.45, 2.75) is 23.7 Å². The Bertz CT molecular complexity index is 1270. The molecule has 1 aliphatic rings. The molecule has 0 amide bonds. The SMILES string of the molecule is COc1c(C2C(c3ccccc3)C(c3occc(=O)c3OC)C2c2ccccc2)occc1=O. The second-order valence-corrected chi connectivity index (χ2v) is 8.29. The average molecular weight is 456 g/mol. The van der Waals surface area contributed by atoms with Gasteiger partial charge >= 0.3 is 0 Å². The van der Waals surface area contributed by atoms with Gasteiger partial charge in [0.2, 0.25) is 22.4 Å². The number of hydrogen-bond donors (Lipinski definition) is 0. The maximum Gasteiger partial charge on any atom is 0.227 e. The lowest BCUT2D eigenvalue weighted by molar-refractivity contribution is 0.161. The quantitative estimate of drug-likeness (QED) is 0.404. The topological polar surface area (TPSA) is 78.9 Å². The number of hydrogen-bond acceptors (Lipinski definition) is 6. The van der Waals surface area contributed by atoms with E-state index in [0.717, 1.165) is 11.1 Å². The predicted octanol–water partition coefficient (Wildman–Crippen LogP) is 5.06. The molecule has 0 aliphatic heterocycles. The molecule has 0 saturated heterocycles. The Labute approximate surface area is 196 Å². The molecule has 0 N–H and O–H groups in total. The maximum absolute atomic E-state index is 12.6. The van der Waals surface area contributed by atoms with Gasteiger partial charge in [-0.3, -0.25) is 9.59 Å². The lowest BCUT2D eigenvalue weighted by atomic mass is 9.51. The van der Waals surface area contributed by atoms with E-state index in [0.29, 0.717) is 11.5 Å². The van der Waals surface area contributed by atoms with Gasteiger partial charge < -0.3 is 18.3 Å². The van der Waals surface area contributed by atoms with Gasteiger partial charge in [0.05, 0.1) is 26.7 Å². The van der Waals surface area contributed by atoms with Crippen LogP contribution in [-0.4, -0.2) is 14.2 Å². The summed E-state index contributed by atoms with van der Waals surface area (Å²) in [6.45, 7) is 0. The number of benzene rings is 2. The summed E-state index contributed by atoms with van der Waals surface area (Å²) in [7, 11) is 2.94. The lowest BCUT2D eigenvalue weighted by Crippen LogP contribution is -2.41. The number of ether oxygens (including phenoxy) is 2. The Morgan fingerprint density at radius 3 is 1.29 bits per heavy atom. The fourth-order valence-corrected chi connectivity index (χ4v) is 5.28. The smallest absolute Gasteiger partial charge is 0.227 e. The van der Waals surface area contributed by atoms with Gasteiger partial charge in [0.15, 0.2) is 11.5 Å². The molecule has 0 unspecified atom stereocenters. The molecule has 4 aromatic rings. The highest BCUT2D eigenvalue weighted by molar-refractivity contribution is 5.49. The Hall–Kier alpha value is -4.06. The molecule has 6 nitrogen and oxygen atoms in total. The standard InChI is InChI=1S/C28H24O6/c1-31-25-19(29)13-15-33-27(25)23-21(17-9-5-3-6-10-17)24(22(23)18-11-7-4-8-12-18)28-26(32-2)20(30)14-16-34-28/h3-16,21-24H,1-2H3. The molecule has 34 heavy (non-hydrogen) atoms. The van der Waals surface area contributed by atoms with Crippen molar-refractivity contribution in [1.82, 2.24) is 0 Å². The molecule has 0 bridgehead atoms. The molecule has 2 aromatic heterocycles. The van der Waals surface area contributed by atoms with E-state index in [9.17, 15) is 9.59 Å². The second kappa shape index (κ2) is 9.06. The minimum Gasteiger partial charge on any atom is -0.490 e. The van der Waals surface area contributed by atoms with Crippen molar-refractivity contribution in [3.63, 3.8) is 0 Å². The first-order valence-electron chi connectivity index (χ1n) is 11.1. The molecular weight excluding hydrogens is 432 g/mol. The molecule has 172 valence electrons. The van der Waals surface area contributed by atoms with Gasteiger partial charge in [-0.25, -0.2) is 0 Å². The van der Waals surface area contributed by atoms with Crippen molar-refractivity contribution in [1.29, 1.82) is 0 Å². The van der Waals surface area contributed by atoms with E-state index in [-0.39, 0.29) is 46.0 Å². The third kappa shape index (κ3) is 3.52. The minimum absolute atomic E-state index is 0.162. The third-order valence-electron chi connectivity index (χ3n) is 6.65. The zero-order valence-electron chi connectivity index (χ0n) is 18.8. The molecule has 0 spiro atoms. The van der Waals surface area contributed by atoms with E-state index < -0.39 is 0 Å². The van der Waals surface area contributed by atoms with Crippen LogP contribution in [0.5, 0.6) is 11.5 Å². The van der Waals surface area contributed by atoms with Crippen LogP contribution in [0.2, 0.25) is 0 Å². The van der Waals surface area contributed by atoms with Crippen molar-refractivity contribution >= 4 is 0 Å². The summed E-state index contributed by atoms with van der Waals surface area (Å²) in [5.41, 5.74) is 1.59. The largest absolute Gasteiger partial charge is 0.490 e. The Kier molecular flexibility index (Phi) is 5.80. The summed E-state index contributed by atoms with van der Waals surface area (Å²) in [5, 5.41) is 0. The zero-order chi connectivity index (χ0) is 23.7. The first kappa shape index (κ1) is 21.8. The van der Waals surface area contributed by atoms with Crippen LogP contribution < -0.4 is 20.3 Å². The highest BCUT2D eigenvalue weighted by Gasteiger charge is 2.57. The molecule has 6 heteroatoms. The van der Waals surface area contributed by atoms with Gasteiger partial charge in [-0.1, -0.05) is 60.7 Å². The summed E-state index contributed by atoms with van der Waals surface area (Å²) in [4.78, 5) is 25.3. The van der Waals surface area contributed by atoms with Gasteiger partial charge in [0.25, 0.3) is 0 Å². The van der Waals surface area contributed by atoms with Crippen LogP contribution in [0.3, 0.4) is 0 Å². The number of rotatable bonds is 6. The van der Waals surface area contributed by atoms with Crippen LogP contribution in [0.4, 0.5) is 0 Å². The summed E-state index contributed by atoms with van der Waals surface area (Å²) in [6.07, 6.45) is 2.81. The molecule has 5 rings (SSSR count). The molecule has 2 aromatic carbocycles. The molecule has 1 aliphatic carbocycles. The maximum atomic E-state index is 12.6. The highest BCUT2D eigenvalue weighted by Crippen LogP contribution is 2.67. The second-order valence-electron chi connectivity index (χ2n) is 8.29. The average Bonchev–Trinajstić information content (AvgIpc) is 2.85. The summed E-state index contributed by atoms with van der Waals surface area (Å²) < 4.78 is 22.9. The fraction of sp³-hybridized carbons (Fsp3) is 0.214. The molecular formula is C28H24O6. The highest BCUT2D eigenvalue weighted by atomic mass is 16.5. The molecule has 0 atom stereocenters. The van der Waals surface area contributed by atoms with Gasteiger partial charge in [-0.15, -0.1) is 0 Å². The first-order chi connectivity index (χ1) is 16.7. The van der Waals surface area contributed by atoms with E-state index in [1.165, 1.54) is 38.9 Å². The van der Waals surface area contributed by atoms with Crippen LogP contribution in [0.15, 0.2) is 104 Å². The summed E-state index contributed by atoms with van der Waals surface area (Å²) in [6, 6.07) is 22.6. The van der Waals surface area contributed by atoms with Gasteiger partial charge in [-0.2, -0.15) is 0 Å². The van der Waals surface area contributed by atoms with Gasteiger partial charge in [0.1, 0.15) is 0 Å². The van der Waals surface area contributed by atoms with E-state index in [4.69, 9.17) is 18.3 Å². The molecule has 2 heterocycles. The van der Waals surface area contributed by atoms with Crippen molar-refractivity contribution in [2.24, 2.45) is 0 Å². The van der Waals surface area contributed by atoms with Crippen molar-refractivity contribution in [3.8, 4) is 11.5 Å². The van der Waals surface area contributed by atoms with Crippen molar-refractivity contribution in [2.75, 3.05) is 14.2 Å². The summed E-state index contributed by atoms with van der Waals surface area (Å²) >= 11 is 0. The fourth-order valence-electron chi connectivity index (χ4n) is 5.28. The third-order valence-corrected chi connectivity index (χ3v) is 6.65. The Morgan fingerprint density at radius 1 is 0.559 bits per heavy atom. The van der Waals surface area contributed by atoms with E-state index in [2.05, 4.69) is 0 Å². The van der Waals surface area contributed by atoms with Crippen LogP contribution in [0, 0.1) is 0 Å². The normalized spacial score (nSPS) is 21.5. The predicted molar refractivity (Wildman–Crippen MR) is 127 cm³/mol. The molecule has 1 fully saturated rings. The Balaban J connectivity index is 1.78. The van der Waals surface area contributed by atoms with Crippen molar-refractivity contribution in [3.05, 3.63) is 128 Å². The van der Waals surface area contributed by atoms with E-state index in [1.807, 2.05) is 60.7 Å². The van der Waals surface area contributed by atoms with Gasteiger partial charge in [0, 0.05) is 35.8 Å². The summed E-state index contributed by atoms with van der Waals surface area (Å²) in [5.74, 6) is 0.527. The van der Waals surface area contributed by atoms with Crippen LogP contribution in [0.1, 0.15) is 46.3 Å². The Morgan fingerprint density at radius 2 is 0.941 bits per heavy atom. The van der Waals surface area contributed by atoms with Crippen molar-refractivity contribution < 1.29 is 18.3 Å².